The summed E-state index contributed by atoms with van der Waals surface area (Å²) in [5.41, 5.74) is -0.772. The molecule has 2 atom stereocenters. The maximum Gasteiger partial charge on any atom is 0.235 e. The summed E-state index contributed by atoms with van der Waals surface area (Å²) in [5.74, 6) is 1.15. The Morgan fingerprint density at radius 3 is 2.84 bits per heavy atom. The van der Waals surface area contributed by atoms with Crippen LogP contribution >= 0.6 is 11.8 Å². The summed E-state index contributed by atoms with van der Waals surface area (Å²) in [7, 11) is 0. The highest BCUT2D eigenvalue weighted by molar-refractivity contribution is 8.00. The lowest BCUT2D eigenvalue weighted by Gasteiger charge is -2.33. The van der Waals surface area contributed by atoms with Gasteiger partial charge in [0.2, 0.25) is 5.91 Å². The quantitative estimate of drug-likeness (QED) is 0.837. The van der Waals surface area contributed by atoms with Gasteiger partial charge in [0.05, 0.1) is 12.6 Å². The van der Waals surface area contributed by atoms with Gasteiger partial charge in [0.1, 0.15) is 5.54 Å². The zero-order valence-corrected chi connectivity index (χ0v) is 13.2. The Hall–Kier alpha value is -0.730. The minimum Gasteiger partial charge on any atom is -0.337 e. The molecule has 5 heteroatoms. The highest BCUT2D eigenvalue weighted by Crippen LogP contribution is 2.21. The fourth-order valence-electron chi connectivity index (χ4n) is 2.00. The number of hydrogen-bond donors (Lipinski definition) is 1. The van der Waals surface area contributed by atoms with Gasteiger partial charge in [-0.25, -0.2) is 0 Å². The van der Waals surface area contributed by atoms with Crippen LogP contribution in [0.25, 0.3) is 0 Å². The Labute approximate surface area is 120 Å². The molecule has 0 radical (unpaired) electrons. The van der Waals surface area contributed by atoms with Crippen LogP contribution in [0.4, 0.5) is 0 Å². The van der Waals surface area contributed by atoms with Crippen molar-refractivity contribution in [3.05, 3.63) is 0 Å². The predicted octanol–water partition coefficient (Wildman–Crippen LogP) is 1.87. The fourth-order valence-corrected chi connectivity index (χ4v) is 3.25. The summed E-state index contributed by atoms with van der Waals surface area (Å²) in [4.78, 5) is 14.3. The van der Waals surface area contributed by atoms with E-state index in [1.54, 1.807) is 6.92 Å². The second-order valence-electron chi connectivity index (χ2n) is 5.65. The highest BCUT2D eigenvalue weighted by atomic mass is 32.2. The number of nitrogens with zero attached hydrogens (tertiary/aromatic N) is 2. The highest BCUT2D eigenvalue weighted by Gasteiger charge is 2.31. The van der Waals surface area contributed by atoms with Crippen LogP contribution in [-0.2, 0) is 4.79 Å². The molecule has 0 bridgehead atoms. The molecule has 1 heterocycles. The Balaban J connectivity index is 2.49. The number of nitriles is 1. The molecule has 2 unspecified atom stereocenters. The Bertz CT molecular complexity index is 353. The van der Waals surface area contributed by atoms with E-state index in [-0.39, 0.29) is 11.8 Å². The first-order valence-electron chi connectivity index (χ1n) is 6.97. The van der Waals surface area contributed by atoms with Gasteiger partial charge in [0.25, 0.3) is 0 Å². The lowest BCUT2D eigenvalue weighted by atomic mass is 9.90. The fraction of sp³-hybridized carbons (Fsp3) is 0.857. The van der Waals surface area contributed by atoms with Crippen molar-refractivity contribution in [1.82, 2.24) is 10.2 Å². The number of hydrogen-bond acceptors (Lipinski definition) is 4. The minimum absolute atomic E-state index is 0.0421. The van der Waals surface area contributed by atoms with Gasteiger partial charge in [0, 0.05) is 24.1 Å². The first-order valence-corrected chi connectivity index (χ1v) is 8.02. The van der Waals surface area contributed by atoms with E-state index in [0.29, 0.717) is 11.8 Å². The standard InChI is InChI=1S/C14H25N3OS/c1-5-12-8-17(6-7-19-12)9-13(18)16-14(4,10-15)11(2)3/h11-12H,5-9H2,1-4H3,(H,16,18). The molecule has 19 heavy (non-hydrogen) atoms. The van der Waals surface area contributed by atoms with E-state index >= 15 is 0 Å². The van der Waals surface area contributed by atoms with Crippen LogP contribution in [0.5, 0.6) is 0 Å². The zero-order valence-electron chi connectivity index (χ0n) is 12.4. The normalized spacial score (nSPS) is 23.7. The number of carbonyl (C=O) groups excluding carboxylic acids is 1. The number of amides is 1. The second kappa shape index (κ2) is 7.16. The van der Waals surface area contributed by atoms with Gasteiger partial charge in [-0.3, -0.25) is 9.69 Å². The lowest BCUT2D eigenvalue weighted by molar-refractivity contribution is -0.123. The monoisotopic (exact) mass is 283 g/mol. The molecular formula is C14H25N3OS. The van der Waals surface area contributed by atoms with Gasteiger partial charge in [-0.1, -0.05) is 20.8 Å². The van der Waals surface area contributed by atoms with Crippen molar-refractivity contribution in [2.45, 2.75) is 44.9 Å². The number of thioether (sulfide) groups is 1. The summed E-state index contributed by atoms with van der Waals surface area (Å²) in [6, 6.07) is 2.21. The van der Waals surface area contributed by atoms with E-state index in [9.17, 15) is 10.1 Å². The second-order valence-corrected chi connectivity index (χ2v) is 7.06. The van der Waals surface area contributed by atoms with Crippen LogP contribution < -0.4 is 5.32 Å². The largest absolute Gasteiger partial charge is 0.337 e. The van der Waals surface area contributed by atoms with Crippen molar-refractivity contribution < 1.29 is 4.79 Å². The maximum atomic E-state index is 12.1. The molecule has 1 rings (SSSR count). The van der Waals surface area contributed by atoms with Gasteiger partial charge in [-0.2, -0.15) is 17.0 Å². The lowest BCUT2D eigenvalue weighted by Crippen LogP contribution is -2.53. The molecule has 1 saturated heterocycles. The molecule has 0 aromatic rings. The van der Waals surface area contributed by atoms with Crippen LogP contribution in [0.1, 0.15) is 34.1 Å². The Morgan fingerprint density at radius 2 is 2.32 bits per heavy atom. The number of carbonyl (C=O) groups is 1. The molecule has 0 aromatic carbocycles. The van der Waals surface area contributed by atoms with Crippen molar-refractivity contribution in [3.63, 3.8) is 0 Å². The average Bonchev–Trinajstić information content (AvgIpc) is 2.38. The molecule has 0 aliphatic carbocycles. The van der Waals surface area contributed by atoms with E-state index in [2.05, 4.69) is 23.2 Å². The summed E-state index contributed by atoms with van der Waals surface area (Å²) < 4.78 is 0. The first-order chi connectivity index (χ1) is 8.91. The molecular weight excluding hydrogens is 258 g/mol. The summed E-state index contributed by atoms with van der Waals surface area (Å²) >= 11 is 1.99. The topological polar surface area (TPSA) is 56.1 Å². The maximum absolute atomic E-state index is 12.1. The summed E-state index contributed by atoms with van der Waals surface area (Å²) in [5, 5.41) is 12.7. The van der Waals surface area contributed by atoms with E-state index in [1.165, 1.54) is 0 Å². The molecule has 108 valence electrons. The molecule has 1 amide bonds. The Kier molecular flexibility index (Phi) is 6.15. The van der Waals surface area contributed by atoms with Gasteiger partial charge >= 0.3 is 0 Å². The van der Waals surface area contributed by atoms with Gasteiger partial charge < -0.3 is 5.32 Å². The van der Waals surface area contributed by atoms with E-state index in [4.69, 9.17) is 0 Å². The van der Waals surface area contributed by atoms with Crippen molar-refractivity contribution in [2.75, 3.05) is 25.4 Å². The summed E-state index contributed by atoms with van der Waals surface area (Å²) in [6.07, 6.45) is 1.14. The average molecular weight is 283 g/mol. The molecule has 1 aliphatic rings. The smallest absolute Gasteiger partial charge is 0.235 e. The van der Waals surface area contributed by atoms with Crippen LogP contribution in [0.15, 0.2) is 0 Å². The third kappa shape index (κ3) is 4.70. The SMILES string of the molecule is CCC1CN(CC(=O)NC(C)(C#N)C(C)C)CCS1. The van der Waals surface area contributed by atoms with E-state index in [0.717, 1.165) is 25.3 Å². The molecule has 1 N–H and O–H groups in total. The predicted molar refractivity (Wildman–Crippen MR) is 80.0 cm³/mol. The van der Waals surface area contributed by atoms with Gasteiger partial charge in [-0.15, -0.1) is 0 Å². The van der Waals surface area contributed by atoms with Crippen LogP contribution in [0.2, 0.25) is 0 Å². The van der Waals surface area contributed by atoms with Crippen LogP contribution in [0, 0.1) is 17.2 Å². The molecule has 1 fully saturated rings. The van der Waals surface area contributed by atoms with Crippen molar-refractivity contribution >= 4 is 17.7 Å². The van der Waals surface area contributed by atoms with Crippen molar-refractivity contribution in [1.29, 1.82) is 5.26 Å². The third-order valence-corrected chi connectivity index (χ3v) is 5.20. The van der Waals surface area contributed by atoms with Gasteiger partial charge in [0.15, 0.2) is 0 Å². The van der Waals surface area contributed by atoms with Crippen LogP contribution in [-0.4, -0.2) is 47.0 Å². The molecule has 1 aliphatic heterocycles. The molecule has 0 spiro atoms. The number of nitrogens with one attached hydrogen (secondary N) is 1. The minimum atomic E-state index is -0.772. The molecule has 0 aromatic heterocycles. The first kappa shape index (κ1) is 16.3. The van der Waals surface area contributed by atoms with E-state index < -0.39 is 5.54 Å². The van der Waals surface area contributed by atoms with Crippen molar-refractivity contribution in [3.8, 4) is 6.07 Å². The number of rotatable bonds is 5. The third-order valence-electron chi connectivity index (χ3n) is 3.83. The van der Waals surface area contributed by atoms with Crippen LogP contribution in [0.3, 0.4) is 0 Å². The molecule has 0 saturated carbocycles. The Morgan fingerprint density at radius 1 is 1.63 bits per heavy atom. The van der Waals surface area contributed by atoms with Crippen molar-refractivity contribution in [2.24, 2.45) is 5.92 Å². The zero-order chi connectivity index (χ0) is 14.5. The molecule has 4 nitrogen and oxygen atoms in total. The van der Waals surface area contributed by atoms with Gasteiger partial charge in [-0.05, 0) is 19.3 Å². The summed E-state index contributed by atoms with van der Waals surface area (Å²) in [6.45, 7) is 10.2. The van der Waals surface area contributed by atoms with E-state index in [1.807, 2.05) is 25.6 Å².